The third-order valence-corrected chi connectivity index (χ3v) is 4.55. The van der Waals surface area contributed by atoms with E-state index in [1.165, 1.54) is 18.2 Å². The molecular weight excluding hydrogens is 367 g/mol. The van der Waals surface area contributed by atoms with E-state index >= 15 is 0 Å². The molecule has 0 fully saturated rings. The second kappa shape index (κ2) is 8.50. The standard InChI is InChI=1S/C19H17FN4O2S/c1-12-4-2-5-13(8-12)9-16(25)21-11-17-23-24-19(27-17)18(26)22-15-7-3-6-14(20)10-15/h2-8,10H,9,11H2,1H3,(H,21,25)(H,22,26). The second-order valence-corrected chi connectivity index (χ2v) is 6.97. The van der Waals surface area contributed by atoms with Crippen LogP contribution in [0.1, 0.15) is 25.9 Å². The highest BCUT2D eigenvalue weighted by molar-refractivity contribution is 7.13. The molecule has 2 aromatic carbocycles. The molecule has 8 heteroatoms. The maximum atomic E-state index is 13.2. The van der Waals surface area contributed by atoms with Gasteiger partial charge in [0.1, 0.15) is 10.8 Å². The van der Waals surface area contributed by atoms with E-state index in [4.69, 9.17) is 0 Å². The number of nitrogens with zero attached hydrogens (tertiary/aromatic N) is 2. The minimum atomic E-state index is -0.476. The Labute approximate surface area is 159 Å². The number of carbonyl (C=O) groups excluding carboxylic acids is 2. The zero-order valence-corrected chi connectivity index (χ0v) is 15.3. The van der Waals surface area contributed by atoms with Crippen LogP contribution in [-0.4, -0.2) is 22.0 Å². The van der Waals surface area contributed by atoms with Gasteiger partial charge in [0.2, 0.25) is 10.9 Å². The zero-order valence-electron chi connectivity index (χ0n) is 14.5. The summed E-state index contributed by atoms with van der Waals surface area (Å²) in [6.45, 7) is 2.16. The Morgan fingerprint density at radius 3 is 2.70 bits per heavy atom. The van der Waals surface area contributed by atoms with Crippen LogP contribution in [0.5, 0.6) is 0 Å². The Bertz CT molecular complexity index is 974. The van der Waals surface area contributed by atoms with Crippen molar-refractivity contribution >= 4 is 28.8 Å². The van der Waals surface area contributed by atoms with Gasteiger partial charge in [-0.1, -0.05) is 47.2 Å². The number of aryl methyl sites for hydroxylation is 1. The lowest BCUT2D eigenvalue weighted by Gasteiger charge is -2.04. The van der Waals surface area contributed by atoms with Crippen molar-refractivity contribution < 1.29 is 14.0 Å². The highest BCUT2D eigenvalue weighted by atomic mass is 32.1. The summed E-state index contributed by atoms with van der Waals surface area (Å²) in [4.78, 5) is 24.2. The van der Waals surface area contributed by atoms with Gasteiger partial charge in [-0.05, 0) is 30.7 Å². The van der Waals surface area contributed by atoms with Crippen molar-refractivity contribution in [3.8, 4) is 0 Å². The van der Waals surface area contributed by atoms with Crippen molar-refractivity contribution in [1.29, 1.82) is 0 Å². The third-order valence-electron chi connectivity index (χ3n) is 3.63. The van der Waals surface area contributed by atoms with E-state index in [9.17, 15) is 14.0 Å². The summed E-state index contributed by atoms with van der Waals surface area (Å²) >= 11 is 1.07. The molecule has 2 N–H and O–H groups in total. The average Bonchev–Trinajstić information content (AvgIpc) is 3.09. The van der Waals surface area contributed by atoms with Gasteiger partial charge in [0.15, 0.2) is 0 Å². The van der Waals surface area contributed by atoms with E-state index in [1.807, 2.05) is 31.2 Å². The monoisotopic (exact) mass is 384 g/mol. The van der Waals surface area contributed by atoms with E-state index in [2.05, 4.69) is 20.8 Å². The van der Waals surface area contributed by atoms with E-state index in [-0.39, 0.29) is 23.9 Å². The summed E-state index contributed by atoms with van der Waals surface area (Å²) in [5.41, 5.74) is 2.36. The number of hydrogen-bond donors (Lipinski definition) is 2. The van der Waals surface area contributed by atoms with Crippen LogP contribution in [0.2, 0.25) is 0 Å². The largest absolute Gasteiger partial charge is 0.349 e. The summed E-state index contributed by atoms with van der Waals surface area (Å²) in [5.74, 6) is -1.06. The first-order valence-electron chi connectivity index (χ1n) is 8.21. The van der Waals surface area contributed by atoms with Gasteiger partial charge in [-0.15, -0.1) is 10.2 Å². The number of carbonyl (C=O) groups is 2. The Morgan fingerprint density at radius 2 is 1.93 bits per heavy atom. The van der Waals surface area contributed by atoms with Gasteiger partial charge in [-0.2, -0.15) is 0 Å². The molecule has 0 unspecified atom stereocenters. The van der Waals surface area contributed by atoms with Gasteiger partial charge in [0, 0.05) is 5.69 Å². The maximum Gasteiger partial charge on any atom is 0.286 e. The molecule has 3 rings (SSSR count). The molecule has 1 aromatic heterocycles. The molecule has 0 saturated heterocycles. The zero-order chi connectivity index (χ0) is 19.2. The highest BCUT2D eigenvalue weighted by Gasteiger charge is 2.14. The Kier molecular flexibility index (Phi) is 5.87. The van der Waals surface area contributed by atoms with Gasteiger partial charge in [0.25, 0.3) is 5.91 Å². The first-order chi connectivity index (χ1) is 13.0. The molecular formula is C19H17FN4O2S. The molecule has 0 aliphatic heterocycles. The topological polar surface area (TPSA) is 84.0 Å². The van der Waals surface area contributed by atoms with Gasteiger partial charge in [-0.3, -0.25) is 9.59 Å². The number of aromatic nitrogens is 2. The number of anilines is 1. The normalized spacial score (nSPS) is 10.4. The van der Waals surface area contributed by atoms with E-state index in [1.54, 1.807) is 6.07 Å². The molecule has 0 aliphatic carbocycles. The predicted molar refractivity (Wildman–Crippen MR) is 101 cm³/mol. The van der Waals surface area contributed by atoms with Crippen LogP contribution in [0.15, 0.2) is 48.5 Å². The molecule has 0 radical (unpaired) electrons. The fourth-order valence-corrected chi connectivity index (χ4v) is 3.09. The van der Waals surface area contributed by atoms with Crippen LogP contribution >= 0.6 is 11.3 Å². The second-order valence-electron chi connectivity index (χ2n) is 5.91. The van der Waals surface area contributed by atoms with Gasteiger partial charge in [-0.25, -0.2) is 4.39 Å². The van der Waals surface area contributed by atoms with Gasteiger partial charge in [0.05, 0.1) is 13.0 Å². The summed E-state index contributed by atoms with van der Waals surface area (Å²) in [6.07, 6.45) is 0.271. The third kappa shape index (κ3) is 5.42. The van der Waals surface area contributed by atoms with Crippen LogP contribution in [0.25, 0.3) is 0 Å². The minimum Gasteiger partial charge on any atom is -0.349 e. The number of nitrogens with one attached hydrogen (secondary N) is 2. The smallest absolute Gasteiger partial charge is 0.286 e. The molecule has 0 spiro atoms. The molecule has 27 heavy (non-hydrogen) atoms. The lowest BCUT2D eigenvalue weighted by Crippen LogP contribution is -2.24. The molecule has 6 nitrogen and oxygen atoms in total. The molecule has 0 saturated carbocycles. The number of amides is 2. The summed E-state index contributed by atoms with van der Waals surface area (Å²) in [5, 5.41) is 13.7. The number of halogens is 1. The number of hydrogen-bond acceptors (Lipinski definition) is 5. The minimum absolute atomic E-state index is 0.137. The molecule has 2 amide bonds. The van der Waals surface area contributed by atoms with Gasteiger partial charge >= 0.3 is 0 Å². The van der Waals surface area contributed by atoms with Crippen LogP contribution in [0.4, 0.5) is 10.1 Å². The highest BCUT2D eigenvalue weighted by Crippen LogP contribution is 2.14. The molecule has 0 aliphatic rings. The van der Waals surface area contributed by atoms with E-state index in [0.29, 0.717) is 10.7 Å². The molecule has 0 atom stereocenters. The first-order valence-corrected chi connectivity index (χ1v) is 9.03. The summed E-state index contributed by atoms with van der Waals surface area (Å²) in [6, 6.07) is 13.3. The van der Waals surface area contributed by atoms with Crippen LogP contribution < -0.4 is 10.6 Å². The van der Waals surface area contributed by atoms with Crippen molar-refractivity contribution in [1.82, 2.24) is 15.5 Å². The quantitative estimate of drug-likeness (QED) is 0.684. The Balaban J connectivity index is 1.53. The molecule has 1 heterocycles. The Hall–Kier alpha value is -3.13. The van der Waals surface area contributed by atoms with Crippen molar-refractivity contribution in [3.05, 3.63) is 75.5 Å². The number of rotatable bonds is 6. The predicted octanol–water partition coefficient (Wildman–Crippen LogP) is 3.10. The fourth-order valence-electron chi connectivity index (χ4n) is 2.41. The van der Waals surface area contributed by atoms with Gasteiger partial charge < -0.3 is 10.6 Å². The first kappa shape index (κ1) is 18.7. The lowest BCUT2D eigenvalue weighted by molar-refractivity contribution is -0.120. The summed E-state index contributed by atoms with van der Waals surface area (Å²) in [7, 11) is 0. The van der Waals surface area contributed by atoms with Crippen molar-refractivity contribution in [2.45, 2.75) is 19.9 Å². The van der Waals surface area contributed by atoms with Crippen molar-refractivity contribution in [2.24, 2.45) is 0 Å². The van der Waals surface area contributed by atoms with E-state index < -0.39 is 11.7 Å². The average molecular weight is 384 g/mol. The summed E-state index contributed by atoms with van der Waals surface area (Å²) < 4.78 is 13.2. The van der Waals surface area contributed by atoms with E-state index in [0.717, 1.165) is 22.5 Å². The Morgan fingerprint density at radius 1 is 1.11 bits per heavy atom. The van der Waals surface area contributed by atoms with Crippen molar-refractivity contribution in [2.75, 3.05) is 5.32 Å². The van der Waals surface area contributed by atoms with Crippen LogP contribution in [0, 0.1) is 12.7 Å². The van der Waals surface area contributed by atoms with Crippen molar-refractivity contribution in [3.63, 3.8) is 0 Å². The maximum absolute atomic E-state index is 13.2. The van der Waals surface area contributed by atoms with Crippen LogP contribution in [-0.2, 0) is 17.8 Å². The SMILES string of the molecule is Cc1cccc(CC(=O)NCc2nnc(C(=O)Nc3cccc(F)c3)s2)c1. The fraction of sp³-hybridized carbons (Fsp3) is 0.158. The van der Waals surface area contributed by atoms with Crippen LogP contribution in [0.3, 0.4) is 0 Å². The lowest BCUT2D eigenvalue weighted by atomic mass is 10.1. The molecule has 138 valence electrons. The molecule has 3 aromatic rings. The number of benzene rings is 2. The molecule has 0 bridgehead atoms.